The van der Waals surface area contributed by atoms with Crippen LogP contribution in [0.2, 0.25) is 5.02 Å². The van der Waals surface area contributed by atoms with Crippen LogP contribution in [0, 0.1) is 18.6 Å². The largest absolute Gasteiger partial charge is 0.339 e. The second kappa shape index (κ2) is 9.27. The second-order valence-corrected chi connectivity index (χ2v) is 10.0. The smallest absolute Gasteiger partial charge is 0.254 e. The molecule has 2 N–H and O–H groups in total. The van der Waals surface area contributed by atoms with E-state index in [0.29, 0.717) is 39.8 Å². The van der Waals surface area contributed by atoms with E-state index < -0.39 is 22.6 Å². The predicted octanol–water partition coefficient (Wildman–Crippen LogP) is 5.56. The quantitative estimate of drug-likeness (QED) is 0.454. The first-order valence-corrected chi connectivity index (χ1v) is 12.2. The van der Waals surface area contributed by atoms with Gasteiger partial charge in [0.1, 0.15) is 28.4 Å². The minimum absolute atomic E-state index is 0.201. The highest BCUT2D eigenvalue weighted by Gasteiger charge is 2.45. The van der Waals surface area contributed by atoms with Crippen molar-refractivity contribution >= 4 is 39.8 Å². The van der Waals surface area contributed by atoms with Crippen LogP contribution >= 0.6 is 11.6 Å². The first kappa shape index (κ1) is 23.4. The minimum Gasteiger partial charge on any atom is -0.339 e. The lowest BCUT2D eigenvalue weighted by molar-refractivity contribution is 0.572. The molecule has 1 aromatic heterocycles. The molecule has 3 aromatic rings. The van der Waals surface area contributed by atoms with Crippen molar-refractivity contribution in [3.8, 4) is 0 Å². The maximum absolute atomic E-state index is 14.1. The normalized spacial score (nSPS) is 18.1. The highest BCUT2D eigenvalue weighted by atomic mass is 35.5. The fourth-order valence-electron chi connectivity index (χ4n) is 3.85. The summed E-state index contributed by atoms with van der Waals surface area (Å²) in [5, 5.41) is 3.36. The molecule has 33 heavy (non-hydrogen) atoms. The molecule has 0 saturated heterocycles. The Bertz CT molecular complexity index is 1310. The van der Waals surface area contributed by atoms with Gasteiger partial charge in [0.05, 0.1) is 21.6 Å². The molecule has 9 heteroatoms. The summed E-state index contributed by atoms with van der Waals surface area (Å²) in [7, 11) is 0.0625. The Kier molecular flexibility index (Phi) is 6.59. The molecular weight excluding hydrogens is 468 g/mol. The van der Waals surface area contributed by atoms with Gasteiger partial charge in [-0.2, -0.15) is 0 Å². The van der Waals surface area contributed by atoms with E-state index in [1.807, 2.05) is 25.1 Å². The van der Waals surface area contributed by atoms with Crippen molar-refractivity contribution < 1.29 is 13.0 Å². The van der Waals surface area contributed by atoms with Crippen molar-refractivity contribution in [2.24, 2.45) is 7.05 Å². The molecule has 3 unspecified atom stereocenters. The second-order valence-electron chi connectivity index (χ2n) is 8.19. The third kappa shape index (κ3) is 4.82. The topological polar surface area (TPSA) is 63.1 Å². The van der Waals surface area contributed by atoms with Crippen molar-refractivity contribution in [3.63, 3.8) is 0 Å². The number of anilines is 3. The molecule has 0 amide bonds. The van der Waals surface area contributed by atoms with E-state index >= 15 is 0 Å². The van der Waals surface area contributed by atoms with Crippen LogP contribution in [-0.4, -0.2) is 14.0 Å². The van der Waals surface area contributed by atoms with Crippen molar-refractivity contribution in [2.45, 2.75) is 37.9 Å². The Balaban J connectivity index is 1.60. The Morgan fingerprint density at radius 2 is 1.91 bits per heavy atom. The first-order valence-electron chi connectivity index (χ1n) is 10.6. The van der Waals surface area contributed by atoms with E-state index in [1.54, 1.807) is 20.0 Å². The molecule has 2 aromatic carbocycles. The summed E-state index contributed by atoms with van der Waals surface area (Å²) < 4.78 is 44.8. The van der Waals surface area contributed by atoms with E-state index in [2.05, 4.69) is 10.0 Å². The molecule has 4 rings (SSSR count). The number of nitrogens with one attached hydrogen (secondary N) is 2. The summed E-state index contributed by atoms with van der Waals surface area (Å²) in [6.45, 7) is 3.71. The van der Waals surface area contributed by atoms with Crippen LogP contribution in [0.4, 0.5) is 26.0 Å². The summed E-state index contributed by atoms with van der Waals surface area (Å²) in [5.74, 6) is -1.13. The third-order valence-corrected chi connectivity index (χ3v) is 7.67. The van der Waals surface area contributed by atoms with E-state index in [0.717, 1.165) is 18.1 Å². The average Bonchev–Trinajstić information content (AvgIpc) is 3.56. The van der Waals surface area contributed by atoms with E-state index in [4.69, 9.17) is 11.6 Å². The van der Waals surface area contributed by atoms with Crippen LogP contribution < -0.4 is 15.6 Å². The Hall–Kier alpha value is -2.71. The lowest BCUT2D eigenvalue weighted by atomic mass is 10.1. The Morgan fingerprint density at radius 3 is 2.58 bits per heavy atom. The Morgan fingerprint density at radius 1 is 1.15 bits per heavy atom. The van der Waals surface area contributed by atoms with Crippen LogP contribution in [0.25, 0.3) is 0 Å². The number of rotatable bonds is 7. The molecule has 0 bridgehead atoms. The minimum atomic E-state index is -1.56. The number of benzene rings is 2. The molecule has 1 heterocycles. The molecule has 1 saturated carbocycles. The van der Waals surface area contributed by atoms with Gasteiger partial charge in [0.15, 0.2) is 0 Å². The van der Waals surface area contributed by atoms with Gasteiger partial charge in [-0.05, 0) is 55.2 Å². The molecule has 0 spiro atoms. The SMILES string of the molecule is CCc1ccc(Nc2c(NS(=O)C3CC3c3ccc(F)cc3F)cc(C)c(=O)n2C)c(Cl)c1. The van der Waals surface area contributed by atoms with E-state index in [9.17, 15) is 17.8 Å². The van der Waals surface area contributed by atoms with Crippen LogP contribution in [0.15, 0.2) is 47.3 Å². The lowest BCUT2D eigenvalue weighted by Crippen LogP contribution is -2.24. The van der Waals surface area contributed by atoms with Gasteiger partial charge in [0.25, 0.3) is 5.56 Å². The van der Waals surface area contributed by atoms with Gasteiger partial charge in [-0.1, -0.05) is 30.7 Å². The molecule has 174 valence electrons. The molecular formula is C24H24ClF2N3O2S. The monoisotopic (exact) mass is 491 g/mol. The van der Waals surface area contributed by atoms with Crippen molar-refractivity contribution in [1.29, 1.82) is 0 Å². The van der Waals surface area contributed by atoms with Crippen molar-refractivity contribution in [3.05, 3.63) is 86.2 Å². The fourth-order valence-corrected chi connectivity index (χ4v) is 5.45. The first-order chi connectivity index (χ1) is 15.7. The van der Waals surface area contributed by atoms with Gasteiger partial charge in [-0.25, -0.2) is 13.0 Å². The number of pyridine rings is 1. The van der Waals surface area contributed by atoms with Gasteiger partial charge < -0.3 is 10.0 Å². The maximum atomic E-state index is 14.1. The zero-order valence-electron chi connectivity index (χ0n) is 18.4. The third-order valence-electron chi connectivity index (χ3n) is 5.87. The average molecular weight is 492 g/mol. The maximum Gasteiger partial charge on any atom is 0.254 e. The number of halogens is 3. The van der Waals surface area contributed by atoms with Crippen LogP contribution in [0.1, 0.15) is 36.0 Å². The van der Waals surface area contributed by atoms with E-state index in [1.165, 1.54) is 16.7 Å². The van der Waals surface area contributed by atoms with Crippen LogP contribution in [0.3, 0.4) is 0 Å². The van der Waals surface area contributed by atoms with Gasteiger partial charge in [0, 0.05) is 24.6 Å². The van der Waals surface area contributed by atoms with Gasteiger partial charge in [-0.15, -0.1) is 0 Å². The highest BCUT2D eigenvalue weighted by molar-refractivity contribution is 7.87. The number of aromatic nitrogens is 1. The molecule has 3 atom stereocenters. The zero-order chi connectivity index (χ0) is 23.9. The van der Waals surface area contributed by atoms with Crippen molar-refractivity contribution in [2.75, 3.05) is 10.0 Å². The van der Waals surface area contributed by atoms with Gasteiger partial charge in [-0.3, -0.25) is 9.36 Å². The van der Waals surface area contributed by atoms with Crippen molar-refractivity contribution in [1.82, 2.24) is 4.57 Å². The Labute approximate surface area is 198 Å². The fraction of sp³-hybridized carbons (Fsp3) is 0.292. The van der Waals surface area contributed by atoms with Gasteiger partial charge in [0.2, 0.25) is 0 Å². The molecule has 0 radical (unpaired) electrons. The highest BCUT2D eigenvalue weighted by Crippen LogP contribution is 2.46. The summed E-state index contributed by atoms with van der Waals surface area (Å²) in [5.41, 5.74) is 2.79. The number of aryl methyl sites for hydroxylation is 2. The molecule has 1 aliphatic carbocycles. The molecule has 1 fully saturated rings. The summed E-state index contributed by atoms with van der Waals surface area (Å²) >= 11 is 6.42. The van der Waals surface area contributed by atoms with Gasteiger partial charge >= 0.3 is 0 Å². The standard InChI is InChI=1S/C24H24ClF2N3O2S/c1-4-14-5-8-20(18(25)10-14)28-23-21(9-13(2)24(31)30(23)3)29-33(32)22-12-17(22)16-7-6-15(26)11-19(16)27/h5-11,17,22,28-29H,4,12H2,1-3H3. The molecule has 0 aliphatic heterocycles. The molecule has 1 aliphatic rings. The van der Waals surface area contributed by atoms with Crippen LogP contribution in [-0.2, 0) is 24.5 Å². The number of hydrogen-bond donors (Lipinski definition) is 2. The van der Waals surface area contributed by atoms with Crippen LogP contribution in [0.5, 0.6) is 0 Å². The summed E-state index contributed by atoms with van der Waals surface area (Å²) in [6, 6.07) is 10.7. The summed E-state index contributed by atoms with van der Waals surface area (Å²) in [6.07, 6.45) is 1.35. The number of nitrogens with zero attached hydrogens (tertiary/aromatic N) is 1. The summed E-state index contributed by atoms with van der Waals surface area (Å²) in [4.78, 5) is 12.6. The lowest BCUT2D eigenvalue weighted by Gasteiger charge is -2.19. The van der Waals surface area contributed by atoms with E-state index in [-0.39, 0.29) is 16.7 Å². The zero-order valence-corrected chi connectivity index (χ0v) is 20.0. The number of hydrogen-bond acceptors (Lipinski definition) is 3. The predicted molar refractivity (Wildman–Crippen MR) is 130 cm³/mol. The molecule has 5 nitrogen and oxygen atoms in total.